The number of aliphatic hydroxyl groups is 1. The summed E-state index contributed by atoms with van der Waals surface area (Å²) in [4.78, 5) is 0. The predicted molar refractivity (Wildman–Crippen MR) is 56.7 cm³/mol. The lowest BCUT2D eigenvalue weighted by molar-refractivity contribution is 0.273. The zero-order valence-electron chi connectivity index (χ0n) is 7.83. The van der Waals surface area contributed by atoms with Gasteiger partial charge in [-0.25, -0.2) is 0 Å². The van der Waals surface area contributed by atoms with Crippen molar-refractivity contribution in [2.75, 3.05) is 6.61 Å². The van der Waals surface area contributed by atoms with Crippen LogP contribution in [0.25, 0.3) is 11.0 Å². The highest BCUT2D eigenvalue weighted by molar-refractivity contribution is 6.32. The number of aliphatic hydroxyl groups excluding tert-OH is 1. The van der Waals surface area contributed by atoms with Crippen molar-refractivity contribution in [1.82, 2.24) is 0 Å². The van der Waals surface area contributed by atoms with Gasteiger partial charge in [0.25, 0.3) is 0 Å². The highest BCUT2D eigenvalue weighted by atomic mass is 35.5. The van der Waals surface area contributed by atoms with Crippen LogP contribution in [0.3, 0.4) is 0 Å². The van der Waals surface area contributed by atoms with Crippen LogP contribution in [0.15, 0.2) is 28.9 Å². The van der Waals surface area contributed by atoms with Crippen LogP contribution in [-0.2, 0) is 0 Å². The number of halogens is 1. The van der Waals surface area contributed by atoms with E-state index in [1.54, 1.807) is 12.3 Å². The minimum Gasteiger partial charge on any atom is -0.464 e. The van der Waals surface area contributed by atoms with Crippen molar-refractivity contribution in [3.8, 4) is 0 Å². The fraction of sp³-hybridized carbons (Fsp3) is 0.273. The van der Waals surface area contributed by atoms with Gasteiger partial charge in [-0.15, -0.1) is 0 Å². The molecule has 0 aliphatic carbocycles. The van der Waals surface area contributed by atoms with Gasteiger partial charge < -0.3 is 9.52 Å². The fourth-order valence-electron chi connectivity index (χ4n) is 1.63. The average molecular weight is 211 g/mol. The summed E-state index contributed by atoms with van der Waals surface area (Å²) in [5.74, 6) is 0.0313. The van der Waals surface area contributed by atoms with E-state index in [1.807, 2.05) is 19.1 Å². The van der Waals surface area contributed by atoms with Crippen LogP contribution in [-0.4, -0.2) is 11.7 Å². The summed E-state index contributed by atoms with van der Waals surface area (Å²) in [6.07, 6.45) is 1.63. The Morgan fingerprint density at radius 3 is 2.93 bits per heavy atom. The Hall–Kier alpha value is -0.990. The molecule has 0 spiro atoms. The van der Waals surface area contributed by atoms with Crippen molar-refractivity contribution < 1.29 is 9.52 Å². The van der Waals surface area contributed by atoms with Gasteiger partial charge in [0.1, 0.15) is 5.58 Å². The lowest BCUT2D eigenvalue weighted by Crippen LogP contribution is -2.00. The molecule has 14 heavy (non-hydrogen) atoms. The highest BCUT2D eigenvalue weighted by Crippen LogP contribution is 2.32. The molecule has 1 atom stereocenters. The summed E-state index contributed by atoms with van der Waals surface area (Å²) >= 11 is 6.08. The quantitative estimate of drug-likeness (QED) is 0.826. The Morgan fingerprint density at radius 1 is 1.43 bits per heavy atom. The highest BCUT2D eigenvalue weighted by Gasteiger charge is 2.13. The van der Waals surface area contributed by atoms with Crippen LogP contribution in [0.2, 0.25) is 5.02 Å². The molecule has 3 heteroatoms. The van der Waals surface area contributed by atoms with Crippen molar-refractivity contribution in [3.05, 3.63) is 35.0 Å². The first-order valence-electron chi connectivity index (χ1n) is 4.50. The number of benzene rings is 1. The number of rotatable bonds is 2. The van der Waals surface area contributed by atoms with E-state index in [2.05, 4.69) is 0 Å². The van der Waals surface area contributed by atoms with Crippen LogP contribution >= 0.6 is 11.6 Å². The van der Waals surface area contributed by atoms with E-state index in [-0.39, 0.29) is 12.5 Å². The maximum atomic E-state index is 9.12. The van der Waals surface area contributed by atoms with Gasteiger partial charge in [0.2, 0.25) is 0 Å². The molecular weight excluding hydrogens is 200 g/mol. The van der Waals surface area contributed by atoms with Crippen LogP contribution < -0.4 is 0 Å². The Morgan fingerprint density at radius 2 is 2.21 bits per heavy atom. The average Bonchev–Trinajstić information content (AvgIpc) is 2.64. The van der Waals surface area contributed by atoms with Gasteiger partial charge in [-0.05, 0) is 23.8 Å². The molecule has 0 aliphatic rings. The molecule has 0 amide bonds. The molecule has 74 valence electrons. The van der Waals surface area contributed by atoms with E-state index in [4.69, 9.17) is 21.1 Å². The van der Waals surface area contributed by atoms with Crippen LogP contribution in [0.1, 0.15) is 18.4 Å². The van der Waals surface area contributed by atoms with Crippen molar-refractivity contribution in [3.63, 3.8) is 0 Å². The molecule has 0 fully saturated rings. The molecule has 2 rings (SSSR count). The second-order valence-corrected chi connectivity index (χ2v) is 3.78. The normalized spacial score (nSPS) is 13.4. The summed E-state index contributed by atoms with van der Waals surface area (Å²) in [6.45, 7) is 2.03. The van der Waals surface area contributed by atoms with E-state index >= 15 is 0 Å². The van der Waals surface area contributed by atoms with Crippen LogP contribution in [0, 0.1) is 0 Å². The van der Waals surface area contributed by atoms with E-state index in [9.17, 15) is 0 Å². The summed E-state index contributed by atoms with van der Waals surface area (Å²) in [5.41, 5.74) is 1.77. The number of hydrogen-bond acceptors (Lipinski definition) is 2. The smallest absolute Gasteiger partial charge is 0.134 e. The Kier molecular flexibility index (Phi) is 2.48. The molecule has 1 unspecified atom stereocenters. The number of hydrogen-bond donors (Lipinski definition) is 1. The molecule has 1 N–H and O–H groups in total. The summed E-state index contributed by atoms with van der Waals surface area (Å²) in [6, 6.07) is 5.52. The van der Waals surface area contributed by atoms with Crippen LogP contribution in [0.4, 0.5) is 0 Å². The molecule has 2 nitrogen and oxygen atoms in total. The second kappa shape index (κ2) is 3.64. The lowest BCUT2D eigenvalue weighted by Gasteiger charge is -2.11. The Bertz CT molecular complexity index is 447. The molecule has 1 aromatic heterocycles. The first kappa shape index (κ1) is 9.56. The maximum absolute atomic E-state index is 9.12. The Balaban J connectivity index is 2.70. The van der Waals surface area contributed by atoms with Gasteiger partial charge in [0, 0.05) is 22.9 Å². The van der Waals surface area contributed by atoms with Gasteiger partial charge in [-0.3, -0.25) is 0 Å². The number of fused-ring (bicyclic) bond motifs is 1. The molecular formula is C11H11ClO2. The molecule has 0 aliphatic heterocycles. The lowest BCUT2D eigenvalue weighted by atomic mass is 9.98. The molecule has 1 aromatic carbocycles. The summed E-state index contributed by atoms with van der Waals surface area (Å²) in [5, 5.41) is 10.8. The van der Waals surface area contributed by atoms with E-state index < -0.39 is 0 Å². The third-order valence-corrected chi connectivity index (χ3v) is 2.72. The minimum absolute atomic E-state index is 0.0313. The zero-order chi connectivity index (χ0) is 10.1. The fourth-order valence-corrected chi connectivity index (χ4v) is 1.98. The molecule has 0 saturated heterocycles. The SMILES string of the molecule is CC(CO)c1c(Cl)ccc2occc12. The maximum Gasteiger partial charge on any atom is 0.134 e. The molecule has 0 bridgehead atoms. The topological polar surface area (TPSA) is 33.4 Å². The molecule has 2 aromatic rings. The third kappa shape index (κ3) is 1.41. The summed E-state index contributed by atoms with van der Waals surface area (Å²) < 4.78 is 5.27. The van der Waals surface area contributed by atoms with Crippen molar-refractivity contribution in [2.24, 2.45) is 0 Å². The van der Waals surface area contributed by atoms with Gasteiger partial charge in [-0.1, -0.05) is 18.5 Å². The molecule has 0 radical (unpaired) electrons. The van der Waals surface area contributed by atoms with Gasteiger partial charge in [0.15, 0.2) is 0 Å². The number of furan rings is 1. The van der Waals surface area contributed by atoms with Crippen molar-refractivity contribution >= 4 is 22.6 Å². The largest absolute Gasteiger partial charge is 0.464 e. The molecule has 0 saturated carbocycles. The first-order valence-corrected chi connectivity index (χ1v) is 4.88. The van der Waals surface area contributed by atoms with Gasteiger partial charge in [-0.2, -0.15) is 0 Å². The minimum atomic E-state index is 0.0313. The summed E-state index contributed by atoms with van der Waals surface area (Å²) in [7, 11) is 0. The predicted octanol–water partition coefficient (Wildman–Crippen LogP) is 3.18. The van der Waals surface area contributed by atoms with E-state index in [0.29, 0.717) is 5.02 Å². The first-order chi connectivity index (χ1) is 6.74. The second-order valence-electron chi connectivity index (χ2n) is 3.38. The molecule has 1 heterocycles. The zero-order valence-corrected chi connectivity index (χ0v) is 8.58. The van der Waals surface area contributed by atoms with Gasteiger partial charge >= 0.3 is 0 Å². The van der Waals surface area contributed by atoms with Crippen LogP contribution in [0.5, 0.6) is 0 Å². The van der Waals surface area contributed by atoms with Crippen molar-refractivity contribution in [2.45, 2.75) is 12.8 Å². The van der Waals surface area contributed by atoms with Crippen molar-refractivity contribution in [1.29, 1.82) is 0 Å². The third-order valence-electron chi connectivity index (χ3n) is 2.39. The monoisotopic (exact) mass is 210 g/mol. The van der Waals surface area contributed by atoms with E-state index in [0.717, 1.165) is 16.5 Å². The Labute approximate surface area is 87.1 Å². The standard InChI is InChI=1S/C11H11ClO2/c1-7(6-13)11-8-4-5-14-10(8)3-2-9(11)12/h2-5,7,13H,6H2,1H3. The van der Waals surface area contributed by atoms with Gasteiger partial charge in [0.05, 0.1) is 6.26 Å². The van der Waals surface area contributed by atoms with E-state index in [1.165, 1.54) is 0 Å².